The van der Waals surface area contributed by atoms with Gasteiger partial charge in [-0.1, -0.05) is 20.3 Å². The van der Waals surface area contributed by atoms with Crippen LogP contribution in [0.15, 0.2) is 0 Å². The SMILES string of the molecule is CCC(=O)OCC(COP(=O)(O)OCCCC(=O)OCCCCNC(=O)CCCN1C(=O)CC(SCC(CC(=O)C(N)CCCCN)C(=O)O)C1=O)OC(=O)CC. The fraction of sp³-hybridized carbons (Fsp3) is 0.771. The van der Waals surface area contributed by atoms with Crippen LogP contribution < -0.4 is 16.8 Å². The maximum absolute atomic E-state index is 12.9. The van der Waals surface area contributed by atoms with Gasteiger partial charge in [0.2, 0.25) is 17.7 Å². The molecule has 0 spiro atoms. The quantitative estimate of drug-likeness (QED) is 0.0205. The molecular formula is C35H59N4O16PS. The molecule has 1 rings (SSSR count). The van der Waals surface area contributed by atoms with Crippen molar-refractivity contribution >= 4 is 67.0 Å². The standard InChI is InChI=1S/C35H59N4O16PS/c1-3-31(43)52-21-25(55-32(44)4-2)22-54-56(49,50)53-18-10-13-33(45)51-17-8-7-15-38-29(41)12-9-16-39-30(42)20-28(34(39)46)57-23-24(35(47)48)19-27(40)26(37)11-5-6-14-36/h24-26,28H,3-23,36-37H2,1-2H3,(H,38,41)(H,47,48)(H,49,50). The van der Waals surface area contributed by atoms with Crippen molar-refractivity contribution in [3.63, 3.8) is 0 Å². The van der Waals surface area contributed by atoms with E-state index in [0.29, 0.717) is 45.2 Å². The van der Waals surface area contributed by atoms with E-state index in [1.807, 2.05) is 0 Å². The molecule has 20 nitrogen and oxygen atoms in total. The molecule has 1 fully saturated rings. The number of unbranched alkanes of at least 4 members (excludes halogenated alkanes) is 2. The van der Waals surface area contributed by atoms with Crippen LogP contribution in [-0.2, 0) is 66.2 Å². The third-order valence-corrected chi connectivity index (χ3v) is 10.7. The molecule has 0 bridgehead atoms. The third-order valence-electron chi connectivity index (χ3n) is 8.33. The molecule has 0 aromatic carbocycles. The number of carbonyl (C=O) groups excluding carboxylic acids is 7. The molecule has 1 saturated heterocycles. The van der Waals surface area contributed by atoms with Crippen molar-refractivity contribution in [1.82, 2.24) is 10.2 Å². The van der Waals surface area contributed by atoms with Crippen LogP contribution in [0.2, 0.25) is 0 Å². The lowest BCUT2D eigenvalue weighted by Gasteiger charge is -2.19. The van der Waals surface area contributed by atoms with E-state index in [1.54, 1.807) is 13.8 Å². The van der Waals surface area contributed by atoms with E-state index < -0.39 is 73.4 Å². The Labute approximate surface area is 336 Å². The Hall–Kier alpha value is -3.46. The summed E-state index contributed by atoms with van der Waals surface area (Å²) in [5, 5.41) is 11.5. The van der Waals surface area contributed by atoms with Gasteiger partial charge >= 0.3 is 31.7 Å². The first kappa shape index (κ1) is 51.6. The summed E-state index contributed by atoms with van der Waals surface area (Å²) in [5.74, 6) is -5.59. The number of carboxylic acids is 1. The number of nitrogens with one attached hydrogen (secondary N) is 1. The monoisotopic (exact) mass is 854 g/mol. The number of ether oxygens (including phenoxy) is 3. The molecule has 3 amide bonds. The second-order valence-corrected chi connectivity index (χ2v) is 15.8. The van der Waals surface area contributed by atoms with Crippen LogP contribution in [0.3, 0.4) is 0 Å². The number of nitrogens with zero attached hydrogens (tertiary/aromatic N) is 1. The first-order valence-corrected chi connectivity index (χ1v) is 21.6. The van der Waals surface area contributed by atoms with Crippen LogP contribution in [0.1, 0.15) is 97.3 Å². The predicted molar refractivity (Wildman–Crippen MR) is 204 cm³/mol. The fourth-order valence-electron chi connectivity index (χ4n) is 5.02. The minimum absolute atomic E-state index is 0.0267. The number of nitrogens with two attached hydrogens (primary N) is 2. The number of carbonyl (C=O) groups is 8. The van der Waals surface area contributed by atoms with Crippen molar-refractivity contribution < 1.29 is 76.2 Å². The van der Waals surface area contributed by atoms with Crippen molar-refractivity contribution in [3.8, 4) is 0 Å². The number of esters is 3. The number of hydrogen-bond acceptors (Lipinski definition) is 17. The molecule has 7 N–H and O–H groups in total. The average Bonchev–Trinajstić information content (AvgIpc) is 3.44. The van der Waals surface area contributed by atoms with Gasteiger partial charge in [0.25, 0.3) is 0 Å². The van der Waals surface area contributed by atoms with E-state index in [-0.39, 0.29) is 95.2 Å². The summed E-state index contributed by atoms with van der Waals surface area (Å²) < 4.78 is 36.9. The maximum atomic E-state index is 12.9. The highest BCUT2D eigenvalue weighted by Crippen LogP contribution is 2.43. The molecule has 0 radical (unpaired) electrons. The number of thioether (sulfide) groups is 1. The van der Waals surface area contributed by atoms with E-state index in [2.05, 4.69) is 5.32 Å². The highest BCUT2D eigenvalue weighted by molar-refractivity contribution is 8.00. The highest BCUT2D eigenvalue weighted by atomic mass is 32.2. The lowest BCUT2D eigenvalue weighted by atomic mass is 9.97. The molecule has 0 saturated carbocycles. The van der Waals surface area contributed by atoms with Crippen LogP contribution >= 0.6 is 19.6 Å². The number of likely N-dealkylation sites (tertiary alicyclic amines) is 1. The van der Waals surface area contributed by atoms with Crippen LogP contribution in [0, 0.1) is 5.92 Å². The van der Waals surface area contributed by atoms with Crippen LogP contribution in [0.4, 0.5) is 0 Å². The number of phosphoric acid groups is 1. The summed E-state index contributed by atoms with van der Waals surface area (Å²) >= 11 is 1.02. The van der Waals surface area contributed by atoms with E-state index in [9.17, 15) is 52.9 Å². The van der Waals surface area contributed by atoms with Crippen LogP contribution in [0.5, 0.6) is 0 Å². The van der Waals surface area contributed by atoms with Gasteiger partial charge in [0.15, 0.2) is 6.10 Å². The Morgan fingerprint density at radius 1 is 0.912 bits per heavy atom. The number of ketones is 1. The normalized spacial score (nSPS) is 16.6. The molecule has 0 aromatic rings. The minimum Gasteiger partial charge on any atom is -0.481 e. The van der Waals surface area contributed by atoms with Gasteiger partial charge in [-0.05, 0) is 45.1 Å². The number of amides is 3. The number of imide groups is 1. The molecule has 5 atom stereocenters. The molecule has 57 heavy (non-hydrogen) atoms. The summed E-state index contributed by atoms with van der Waals surface area (Å²) in [7, 11) is -4.58. The van der Waals surface area contributed by atoms with Gasteiger partial charge in [-0.2, -0.15) is 0 Å². The zero-order chi connectivity index (χ0) is 42.8. The predicted octanol–water partition coefficient (Wildman–Crippen LogP) is 1.37. The number of rotatable bonds is 33. The summed E-state index contributed by atoms with van der Waals surface area (Å²) in [5.41, 5.74) is 11.3. The van der Waals surface area contributed by atoms with Gasteiger partial charge in [-0.25, -0.2) is 4.57 Å². The van der Waals surface area contributed by atoms with Crippen molar-refractivity contribution in [2.75, 3.05) is 51.8 Å². The molecule has 1 heterocycles. The lowest BCUT2D eigenvalue weighted by molar-refractivity contribution is -0.160. The fourth-order valence-corrected chi connectivity index (χ4v) is 7.06. The lowest BCUT2D eigenvalue weighted by Crippen LogP contribution is -2.35. The first-order valence-electron chi connectivity index (χ1n) is 19.1. The van der Waals surface area contributed by atoms with Crippen LogP contribution in [0.25, 0.3) is 0 Å². The summed E-state index contributed by atoms with van der Waals surface area (Å²) in [4.78, 5) is 108. The van der Waals surface area contributed by atoms with E-state index >= 15 is 0 Å². The molecule has 1 aliphatic rings. The molecule has 0 aliphatic carbocycles. The summed E-state index contributed by atoms with van der Waals surface area (Å²) in [6, 6.07) is -0.789. The molecule has 1 aliphatic heterocycles. The van der Waals surface area contributed by atoms with Crippen molar-refractivity contribution in [2.45, 2.75) is 115 Å². The number of Topliss-reactive ketones (excluding diaryl/α,β-unsaturated/α-hetero) is 1. The van der Waals surface area contributed by atoms with Gasteiger partial charge in [0.05, 0.1) is 37.0 Å². The van der Waals surface area contributed by atoms with Crippen molar-refractivity contribution in [3.05, 3.63) is 0 Å². The van der Waals surface area contributed by atoms with E-state index in [4.69, 9.17) is 34.7 Å². The highest BCUT2D eigenvalue weighted by Gasteiger charge is 2.39. The number of hydrogen-bond donors (Lipinski definition) is 5. The molecule has 0 aromatic heterocycles. The van der Waals surface area contributed by atoms with Gasteiger partial charge in [-0.15, -0.1) is 11.8 Å². The Morgan fingerprint density at radius 2 is 1.63 bits per heavy atom. The maximum Gasteiger partial charge on any atom is 0.472 e. The van der Waals surface area contributed by atoms with Gasteiger partial charge < -0.3 is 41.0 Å². The second-order valence-electron chi connectivity index (χ2n) is 13.1. The zero-order valence-corrected chi connectivity index (χ0v) is 34.4. The van der Waals surface area contributed by atoms with E-state index in [1.165, 1.54) is 0 Å². The van der Waals surface area contributed by atoms with Gasteiger partial charge in [0, 0.05) is 57.4 Å². The largest absolute Gasteiger partial charge is 0.481 e. The smallest absolute Gasteiger partial charge is 0.472 e. The van der Waals surface area contributed by atoms with Crippen molar-refractivity contribution in [1.29, 1.82) is 0 Å². The molecule has 5 unspecified atom stereocenters. The number of phosphoric ester groups is 1. The molecule has 326 valence electrons. The van der Waals surface area contributed by atoms with Crippen molar-refractivity contribution in [2.24, 2.45) is 17.4 Å². The summed E-state index contributed by atoms with van der Waals surface area (Å²) in [6.45, 7) is 2.71. The topological polar surface area (TPSA) is 308 Å². The van der Waals surface area contributed by atoms with Gasteiger partial charge in [-0.3, -0.25) is 52.3 Å². The Bertz CT molecular complexity index is 1390. The first-order chi connectivity index (χ1) is 27.0. The van der Waals surface area contributed by atoms with Gasteiger partial charge in [0.1, 0.15) is 12.4 Å². The molecule has 22 heteroatoms. The summed E-state index contributed by atoms with van der Waals surface area (Å²) in [6.07, 6.45) is 1.50. The third kappa shape index (κ3) is 22.9. The second kappa shape index (κ2) is 28.9. The average molecular weight is 855 g/mol. The van der Waals surface area contributed by atoms with E-state index in [0.717, 1.165) is 16.7 Å². The zero-order valence-electron chi connectivity index (χ0n) is 32.7. The number of aliphatic carboxylic acids is 1. The van der Waals surface area contributed by atoms with Crippen LogP contribution in [-0.4, -0.2) is 131 Å². The number of carboxylic acid groups (broad SMARTS) is 1. The molecular weight excluding hydrogens is 795 g/mol. The Morgan fingerprint density at radius 3 is 2.30 bits per heavy atom. The Kier molecular flexibility index (Phi) is 26.1. The minimum atomic E-state index is -4.58. The Balaban J connectivity index is 2.24.